The Morgan fingerprint density at radius 3 is 3.00 bits per heavy atom. The van der Waals surface area contributed by atoms with Gasteiger partial charge in [-0.15, -0.1) is 0 Å². The summed E-state index contributed by atoms with van der Waals surface area (Å²) in [5.74, 6) is 0.664. The summed E-state index contributed by atoms with van der Waals surface area (Å²) in [5.41, 5.74) is 2.95. The number of aromatic nitrogens is 2. The maximum Gasteiger partial charge on any atom is 0.0951 e. The van der Waals surface area contributed by atoms with Crippen LogP contribution < -0.4 is 0 Å². The van der Waals surface area contributed by atoms with E-state index in [2.05, 4.69) is 46.9 Å². The molecule has 0 aliphatic heterocycles. The third kappa shape index (κ3) is 1.29. The van der Waals surface area contributed by atoms with Gasteiger partial charge in [-0.3, -0.25) is 0 Å². The molecule has 1 aliphatic carbocycles. The highest BCUT2D eigenvalue weighted by Crippen LogP contribution is 2.38. The molecule has 0 N–H and O–H groups in total. The van der Waals surface area contributed by atoms with Gasteiger partial charge in [0.1, 0.15) is 0 Å². The standard InChI is InChI=1S/C13H14N2/c1-10-8-11-4-2-3-5-12(11)13(10)15-7-6-14-9-15/h2-7,9-10,13H,8H2,1H3. The van der Waals surface area contributed by atoms with E-state index in [1.807, 2.05) is 12.5 Å². The van der Waals surface area contributed by atoms with E-state index in [-0.39, 0.29) is 0 Å². The fourth-order valence-corrected chi connectivity index (χ4v) is 2.66. The molecular weight excluding hydrogens is 184 g/mol. The van der Waals surface area contributed by atoms with E-state index in [0.29, 0.717) is 12.0 Å². The molecule has 2 aromatic rings. The Labute approximate surface area is 89.6 Å². The van der Waals surface area contributed by atoms with Gasteiger partial charge in [-0.05, 0) is 23.5 Å². The molecule has 2 atom stereocenters. The predicted octanol–water partition coefficient (Wildman–Crippen LogP) is 2.66. The highest BCUT2D eigenvalue weighted by atomic mass is 15.1. The third-order valence-corrected chi connectivity index (χ3v) is 3.30. The predicted molar refractivity (Wildman–Crippen MR) is 59.7 cm³/mol. The number of benzene rings is 1. The summed E-state index contributed by atoms with van der Waals surface area (Å²) in [6.45, 7) is 2.31. The summed E-state index contributed by atoms with van der Waals surface area (Å²) in [6, 6.07) is 9.21. The number of rotatable bonds is 1. The molecule has 0 bridgehead atoms. The van der Waals surface area contributed by atoms with Gasteiger partial charge in [0, 0.05) is 12.4 Å². The first-order chi connectivity index (χ1) is 7.36. The maximum absolute atomic E-state index is 4.14. The van der Waals surface area contributed by atoms with Crippen LogP contribution in [0.1, 0.15) is 24.1 Å². The maximum atomic E-state index is 4.14. The summed E-state index contributed by atoms with van der Waals surface area (Å²) in [7, 11) is 0. The number of nitrogens with zero attached hydrogens (tertiary/aromatic N) is 2. The molecule has 0 spiro atoms. The molecule has 15 heavy (non-hydrogen) atoms. The van der Waals surface area contributed by atoms with Crippen molar-refractivity contribution in [1.29, 1.82) is 0 Å². The van der Waals surface area contributed by atoms with Crippen LogP contribution in [0.25, 0.3) is 0 Å². The topological polar surface area (TPSA) is 17.8 Å². The molecule has 2 nitrogen and oxygen atoms in total. The van der Waals surface area contributed by atoms with Crippen molar-refractivity contribution in [2.24, 2.45) is 5.92 Å². The Morgan fingerprint density at radius 1 is 1.33 bits per heavy atom. The van der Waals surface area contributed by atoms with E-state index >= 15 is 0 Å². The molecule has 2 unspecified atom stereocenters. The third-order valence-electron chi connectivity index (χ3n) is 3.30. The summed E-state index contributed by atoms with van der Waals surface area (Å²) < 4.78 is 2.22. The highest BCUT2D eigenvalue weighted by Gasteiger charge is 2.29. The van der Waals surface area contributed by atoms with Crippen LogP contribution >= 0.6 is 0 Å². The fraction of sp³-hybridized carbons (Fsp3) is 0.308. The zero-order valence-electron chi connectivity index (χ0n) is 8.80. The highest BCUT2D eigenvalue weighted by molar-refractivity contribution is 5.36. The Morgan fingerprint density at radius 2 is 2.20 bits per heavy atom. The van der Waals surface area contributed by atoms with Gasteiger partial charge in [-0.2, -0.15) is 0 Å². The summed E-state index contributed by atoms with van der Waals surface area (Å²) in [5, 5.41) is 0. The summed E-state index contributed by atoms with van der Waals surface area (Å²) in [4.78, 5) is 4.14. The lowest BCUT2D eigenvalue weighted by atomic mass is 10.0. The largest absolute Gasteiger partial charge is 0.330 e. The molecule has 1 heterocycles. The van der Waals surface area contributed by atoms with Gasteiger partial charge >= 0.3 is 0 Å². The van der Waals surface area contributed by atoms with Crippen molar-refractivity contribution in [3.63, 3.8) is 0 Å². The minimum atomic E-state index is 0.476. The van der Waals surface area contributed by atoms with Crippen LogP contribution in [0.2, 0.25) is 0 Å². The minimum Gasteiger partial charge on any atom is -0.330 e. The van der Waals surface area contributed by atoms with Crippen LogP contribution in [0.5, 0.6) is 0 Å². The molecule has 0 fully saturated rings. The van der Waals surface area contributed by atoms with E-state index in [1.165, 1.54) is 17.5 Å². The number of hydrogen-bond donors (Lipinski definition) is 0. The van der Waals surface area contributed by atoms with Crippen LogP contribution in [0.3, 0.4) is 0 Å². The van der Waals surface area contributed by atoms with E-state index < -0.39 is 0 Å². The van der Waals surface area contributed by atoms with Crippen LogP contribution in [0, 0.1) is 5.92 Å². The molecule has 1 aromatic carbocycles. The molecule has 3 rings (SSSR count). The zero-order chi connectivity index (χ0) is 10.3. The second-order valence-electron chi connectivity index (χ2n) is 4.33. The van der Waals surface area contributed by atoms with Crippen molar-refractivity contribution in [2.45, 2.75) is 19.4 Å². The van der Waals surface area contributed by atoms with Crippen molar-refractivity contribution >= 4 is 0 Å². The minimum absolute atomic E-state index is 0.476. The van der Waals surface area contributed by atoms with Crippen molar-refractivity contribution in [3.8, 4) is 0 Å². The first-order valence-electron chi connectivity index (χ1n) is 5.41. The summed E-state index contributed by atoms with van der Waals surface area (Å²) >= 11 is 0. The van der Waals surface area contributed by atoms with Crippen LogP contribution in [-0.4, -0.2) is 9.55 Å². The fourth-order valence-electron chi connectivity index (χ4n) is 2.66. The zero-order valence-corrected chi connectivity index (χ0v) is 8.80. The molecule has 76 valence electrons. The van der Waals surface area contributed by atoms with Crippen molar-refractivity contribution in [1.82, 2.24) is 9.55 Å². The Bertz CT molecular complexity index is 459. The number of imidazole rings is 1. The van der Waals surface area contributed by atoms with E-state index in [9.17, 15) is 0 Å². The molecule has 1 aliphatic rings. The second-order valence-corrected chi connectivity index (χ2v) is 4.33. The Kier molecular flexibility index (Phi) is 1.88. The van der Waals surface area contributed by atoms with Gasteiger partial charge in [0.15, 0.2) is 0 Å². The molecule has 0 saturated heterocycles. The van der Waals surface area contributed by atoms with Gasteiger partial charge in [0.25, 0.3) is 0 Å². The van der Waals surface area contributed by atoms with E-state index in [0.717, 1.165) is 0 Å². The smallest absolute Gasteiger partial charge is 0.0951 e. The van der Waals surface area contributed by atoms with Gasteiger partial charge in [-0.25, -0.2) is 4.98 Å². The van der Waals surface area contributed by atoms with Gasteiger partial charge in [0.2, 0.25) is 0 Å². The quantitative estimate of drug-likeness (QED) is 0.688. The second kappa shape index (κ2) is 3.23. The SMILES string of the molecule is CC1Cc2ccccc2C1n1ccnc1. The van der Waals surface area contributed by atoms with Crippen LogP contribution in [-0.2, 0) is 6.42 Å². The van der Waals surface area contributed by atoms with E-state index in [1.54, 1.807) is 0 Å². The molecule has 0 saturated carbocycles. The number of hydrogen-bond acceptors (Lipinski definition) is 1. The average molecular weight is 198 g/mol. The normalized spacial score (nSPS) is 24.1. The van der Waals surface area contributed by atoms with Crippen molar-refractivity contribution in [3.05, 3.63) is 54.1 Å². The summed E-state index contributed by atoms with van der Waals surface area (Å²) in [6.07, 6.45) is 7.01. The Hall–Kier alpha value is -1.57. The molecule has 0 radical (unpaired) electrons. The van der Waals surface area contributed by atoms with E-state index in [4.69, 9.17) is 0 Å². The molecule has 2 heteroatoms. The van der Waals surface area contributed by atoms with Gasteiger partial charge in [-0.1, -0.05) is 31.2 Å². The molecular formula is C13H14N2. The first-order valence-corrected chi connectivity index (χ1v) is 5.41. The van der Waals surface area contributed by atoms with Gasteiger partial charge < -0.3 is 4.57 Å². The first kappa shape index (κ1) is 8.72. The molecule has 1 aromatic heterocycles. The lowest BCUT2D eigenvalue weighted by molar-refractivity contribution is 0.440. The van der Waals surface area contributed by atoms with Crippen LogP contribution in [0.15, 0.2) is 43.0 Å². The Balaban J connectivity index is 2.10. The number of fused-ring (bicyclic) bond motifs is 1. The van der Waals surface area contributed by atoms with Crippen LogP contribution in [0.4, 0.5) is 0 Å². The van der Waals surface area contributed by atoms with Crippen molar-refractivity contribution < 1.29 is 0 Å². The average Bonchev–Trinajstić information content (AvgIpc) is 2.82. The molecule has 0 amide bonds. The van der Waals surface area contributed by atoms with Crippen molar-refractivity contribution in [2.75, 3.05) is 0 Å². The lowest BCUT2D eigenvalue weighted by Crippen LogP contribution is -2.12. The monoisotopic (exact) mass is 198 g/mol. The van der Waals surface area contributed by atoms with Gasteiger partial charge in [0.05, 0.1) is 12.4 Å². The lowest BCUT2D eigenvalue weighted by Gasteiger charge is -2.18.